The van der Waals surface area contributed by atoms with Gasteiger partial charge in [0.05, 0.1) is 32.4 Å². The predicted octanol–water partition coefficient (Wildman–Crippen LogP) is 4.98. The third kappa shape index (κ3) is 4.55. The minimum absolute atomic E-state index is 0.000828. The maximum atomic E-state index is 13.2. The van der Waals surface area contributed by atoms with Crippen molar-refractivity contribution in [2.75, 3.05) is 20.8 Å². The van der Waals surface area contributed by atoms with Gasteiger partial charge in [0.15, 0.2) is 0 Å². The molecule has 1 fully saturated rings. The molecule has 2 aromatic carbocycles. The quantitative estimate of drug-likeness (QED) is 0.569. The van der Waals surface area contributed by atoms with Gasteiger partial charge in [-0.1, -0.05) is 30.3 Å². The van der Waals surface area contributed by atoms with Crippen molar-refractivity contribution in [1.29, 1.82) is 0 Å². The van der Waals surface area contributed by atoms with E-state index in [-0.39, 0.29) is 11.9 Å². The molecule has 0 radical (unpaired) electrons. The van der Waals surface area contributed by atoms with Crippen molar-refractivity contribution in [1.82, 2.24) is 9.88 Å². The summed E-state index contributed by atoms with van der Waals surface area (Å²) in [6.45, 7) is 2.76. The van der Waals surface area contributed by atoms with Gasteiger partial charge in [0, 0.05) is 17.8 Å². The van der Waals surface area contributed by atoms with Crippen LogP contribution < -0.4 is 9.47 Å². The van der Waals surface area contributed by atoms with E-state index in [1.807, 2.05) is 48.2 Å². The molecular formula is C26H28N2O3. The van der Waals surface area contributed by atoms with Crippen LogP contribution >= 0.6 is 0 Å². The molecule has 1 amide bonds. The zero-order chi connectivity index (χ0) is 21.8. The van der Waals surface area contributed by atoms with Crippen LogP contribution in [0.1, 0.15) is 35.8 Å². The van der Waals surface area contributed by atoms with Crippen LogP contribution in [0.5, 0.6) is 11.5 Å². The van der Waals surface area contributed by atoms with Crippen LogP contribution in [0.4, 0.5) is 0 Å². The second-order valence-electron chi connectivity index (χ2n) is 7.88. The molecule has 0 aliphatic carbocycles. The molecule has 0 spiro atoms. The van der Waals surface area contributed by atoms with E-state index >= 15 is 0 Å². The Morgan fingerprint density at radius 3 is 2.55 bits per heavy atom. The molecule has 1 saturated heterocycles. The van der Waals surface area contributed by atoms with E-state index in [0.29, 0.717) is 6.42 Å². The number of nitrogens with zero attached hydrogens (tertiary/aromatic N) is 2. The van der Waals surface area contributed by atoms with Crippen LogP contribution in [0.3, 0.4) is 0 Å². The third-order valence-corrected chi connectivity index (χ3v) is 5.85. The molecule has 1 aliphatic rings. The standard InChI is InChI=1S/C26H28N2O3/c1-18-15-21(19-10-12-22(30-2)13-11-19)16-23(27-18)24-8-6-14-28(24)26(29)17-20-7-4-5-9-25(20)31-3/h4-5,7,9-13,15-16,24H,6,8,14,17H2,1-3H3/t24-/m1/s1. The summed E-state index contributed by atoms with van der Waals surface area (Å²) in [5.41, 5.74) is 5.03. The Bertz CT molecular complexity index is 1060. The molecule has 4 rings (SSSR count). The first-order valence-electron chi connectivity index (χ1n) is 10.6. The van der Waals surface area contributed by atoms with Crippen LogP contribution in [0, 0.1) is 6.92 Å². The molecule has 1 atom stereocenters. The number of para-hydroxylation sites is 1. The van der Waals surface area contributed by atoms with E-state index < -0.39 is 0 Å². The van der Waals surface area contributed by atoms with Crippen molar-refractivity contribution in [3.8, 4) is 22.6 Å². The molecule has 5 nitrogen and oxygen atoms in total. The van der Waals surface area contributed by atoms with Crippen LogP contribution in [-0.2, 0) is 11.2 Å². The lowest BCUT2D eigenvalue weighted by atomic mass is 10.0. The Morgan fingerprint density at radius 2 is 1.81 bits per heavy atom. The number of amides is 1. The van der Waals surface area contributed by atoms with E-state index in [9.17, 15) is 4.79 Å². The molecule has 0 saturated carbocycles. The number of likely N-dealkylation sites (tertiary alicyclic amines) is 1. The molecule has 31 heavy (non-hydrogen) atoms. The summed E-state index contributed by atoms with van der Waals surface area (Å²) < 4.78 is 10.7. The number of carbonyl (C=O) groups is 1. The molecule has 3 aromatic rings. The highest BCUT2D eigenvalue weighted by atomic mass is 16.5. The summed E-state index contributed by atoms with van der Waals surface area (Å²) in [5.74, 6) is 1.70. The maximum absolute atomic E-state index is 13.2. The molecule has 2 heterocycles. The van der Waals surface area contributed by atoms with Gasteiger partial charge >= 0.3 is 0 Å². The highest BCUT2D eigenvalue weighted by Crippen LogP contribution is 2.34. The van der Waals surface area contributed by atoms with Crippen molar-refractivity contribution < 1.29 is 14.3 Å². The number of carbonyl (C=O) groups excluding carboxylic acids is 1. The van der Waals surface area contributed by atoms with Gasteiger partial charge in [-0.2, -0.15) is 0 Å². The average Bonchev–Trinajstić information content (AvgIpc) is 3.29. The fraction of sp³-hybridized carbons (Fsp3) is 0.308. The first-order chi connectivity index (χ1) is 15.1. The highest BCUT2D eigenvalue weighted by Gasteiger charge is 2.31. The second kappa shape index (κ2) is 9.21. The first kappa shape index (κ1) is 20.9. The molecular weight excluding hydrogens is 388 g/mol. The van der Waals surface area contributed by atoms with Gasteiger partial charge < -0.3 is 14.4 Å². The molecule has 0 bridgehead atoms. The molecule has 0 unspecified atom stereocenters. The van der Waals surface area contributed by atoms with Crippen LogP contribution in [0.25, 0.3) is 11.1 Å². The summed E-state index contributed by atoms with van der Waals surface area (Å²) in [6.07, 6.45) is 2.24. The van der Waals surface area contributed by atoms with Gasteiger partial charge in [0.2, 0.25) is 5.91 Å². The van der Waals surface area contributed by atoms with E-state index in [4.69, 9.17) is 14.5 Å². The van der Waals surface area contributed by atoms with Gasteiger partial charge in [-0.25, -0.2) is 0 Å². The SMILES string of the molecule is COc1ccc(-c2cc(C)nc([C@H]3CCCN3C(=O)Cc3ccccc3OC)c2)cc1. The van der Waals surface area contributed by atoms with E-state index in [1.165, 1.54) is 0 Å². The summed E-state index contributed by atoms with van der Waals surface area (Å²) in [6, 6.07) is 19.9. The number of hydrogen-bond donors (Lipinski definition) is 0. The van der Waals surface area contributed by atoms with Crippen LogP contribution in [0.2, 0.25) is 0 Å². The molecule has 0 N–H and O–H groups in total. The molecule has 1 aromatic heterocycles. The minimum atomic E-state index is -0.000828. The lowest BCUT2D eigenvalue weighted by Gasteiger charge is -2.25. The molecule has 1 aliphatic heterocycles. The van der Waals surface area contributed by atoms with E-state index in [2.05, 4.69) is 24.3 Å². The number of methoxy groups -OCH3 is 2. The maximum Gasteiger partial charge on any atom is 0.227 e. The normalized spacial score (nSPS) is 15.7. The van der Waals surface area contributed by atoms with Crippen molar-refractivity contribution >= 4 is 5.91 Å². The van der Waals surface area contributed by atoms with Gasteiger partial charge in [0.25, 0.3) is 0 Å². The predicted molar refractivity (Wildman–Crippen MR) is 121 cm³/mol. The lowest BCUT2D eigenvalue weighted by molar-refractivity contribution is -0.131. The summed E-state index contributed by atoms with van der Waals surface area (Å²) in [4.78, 5) is 20.0. The van der Waals surface area contributed by atoms with Gasteiger partial charge in [-0.05, 0) is 61.2 Å². The number of aromatic nitrogens is 1. The molecule has 5 heteroatoms. The summed E-state index contributed by atoms with van der Waals surface area (Å²) in [5, 5.41) is 0. The number of rotatable bonds is 6. The van der Waals surface area contributed by atoms with Crippen molar-refractivity contribution in [3.05, 3.63) is 77.6 Å². The van der Waals surface area contributed by atoms with Crippen molar-refractivity contribution in [2.24, 2.45) is 0 Å². The average molecular weight is 417 g/mol. The lowest BCUT2D eigenvalue weighted by Crippen LogP contribution is -2.32. The fourth-order valence-corrected chi connectivity index (χ4v) is 4.30. The molecule has 160 valence electrons. The van der Waals surface area contributed by atoms with Gasteiger partial charge in [-0.15, -0.1) is 0 Å². The number of ether oxygens (including phenoxy) is 2. The number of benzene rings is 2. The Balaban J connectivity index is 1.59. The fourth-order valence-electron chi connectivity index (χ4n) is 4.30. The number of pyridine rings is 1. The van der Waals surface area contributed by atoms with Gasteiger partial charge in [0.1, 0.15) is 11.5 Å². The number of hydrogen-bond acceptors (Lipinski definition) is 4. The minimum Gasteiger partial charge on any atom is -0.497 e. The Morgan fingerprint density at radius 1 is 1.03 bits per heavy atom. The zero-order valence-corrected chi connectivity index (χ0v) is 18.3. The number of aryl methyl sites for hydroxylation is 1. The van der Waals surface area contributed by atoms with Crippen molar-refractivity contribution in [3.63, 3.8) is 0 Å². The van der Waals surface area contributed by atoms with Crippen molar-refractivity contribution in [2.45, 2.75) is 32.2 Å². The smallest absolute Gasteiger partial charge is 0.227 e. The van der Waals surface area contributed by atoms with E-state index in [0.717, 1.165) is 59.0 Å². The summed E-state index contributed by atoms with van der Waals surface area (Å²) in [7, 11) is 3.31. The monoisotopic (exact) mass is 416 g/mol. The first-order valence-corrected chi connectivity index (χ1v) is 10.6. The topological polar surface area (TPSA) is 51.7 Å². The third-order valence-electron chi connectivity index (χ3n) is 5.85. The Kier molecular flexibility index (Phi) is 6.21. The Labute approximate surface area is 183 Å². The Hall–Kier alpha value is -3.34. The van der Waals surface area contributed by atoms with E-state index in [1.54, 1.807) is 14.2 Å². The van der Waals surface area contributed by atoms with Gasteiger partial charge in [-0.3, -0.25) is 9.78 Å². The zero-order valence-electron chi connectivity index (χ0n) is 18.3. The van der Waals surface area contributed by atoms with Crippen LogP contribution in [-0.4, -0.2) is 36.6 Å². The highest BCUT2D eigenvalue weighted by molar-refractivity contribution is 5.80. The largest absolute Gasteiger partial charge is 0.497 e. The van der Waals surface area contributed by atoms with Crippen LogP contribution in [0.15, 0.2) is 60.7 Å². The summed E-state index contributed by atoms with van der Waals surface area (Å²) >= 11 is 0. The second-order valence-corrected chi connectivity index (χ2v) is 7.88.